The lowest BCUT2D eigenvalue weighted by molar-refractivity contribution is -0.118. The van der Waals surface area contributed by atoms with Crippen molar-refractivity contribution in [1.29, 1.82) is 0 Å². The first-order valence-electron chi connectivity index (χ1n) is 5.00. The fourth-order valence-electron chi connectivity index (χ4n) is 1.09. The second-order valence-corrected chi connectivity index (χ2v) is 5.96. The van der Waals surface area contributed by atoms with Gasteiger partial charge in [-0.15, -0.1) is 11.8 Å². The Hall–Kier alpha value is -0.450. The van der Waals surface area contributed by atoms with Gasteiger partial charge in [-0.2, -0.15) is 0 Å². The lowest BCUT2D eigenvalue weighted by Crippen LogP contribution is -2.26. The number of carbonyl (C=O) groups is 1. The summed E-state index contributed by atoms with van der Waals surface area (Å²) < 4.78 is 0.772. The zero-order valence-electron chi connectivity index (χ0n) is 9.21. The lowest BCUT2D eigenvalue weighted by Gasteiger charge is -2.04. The molecular formula is C12H13BrClNOS. The molecule has 0 saturated carbocycles. The fourth-order valence-corrected chi connectivity index (χ4v) is 2.17. The molecule has 0 atom stereocenters. The predicted octanol–water partition coefficient (Wildman–Crippen LogP) is 3.60. The summed E-state index contributed by atoms with van der Waals surface area (Å²) in [7, 11) is 0. The first-order chi connectivity index (χ1) is 8.08. The monoisotopic (exact) mass is 333 g/mol. The van der Waals surface area contributed by atoms with Crippen LogP contribution in [0.1, 0.15) is 5.56 Å². The van der Waals surface area contributed by atoms with Crippen LogP contribution in [-0.4, -0.2) is 18.2 Å². The van der Waals surface area contributed by atoms with Crippen molar-refractivity contribution in [3.8, 4) is 0 Å². The first kappa shape index (κ1) is 14.6. The summed E-state index contributed by atoms with van der Waals surface area (Å²) in [6, 6.07) is 7.64. The van der Waals surface area contributed by atoms with Gasteiger partial charge in [-0.05, 0) is 17.7 Å². The van der Waals surface area contributed by atoms with E-state index in [1.54, 1.807) is 11.8 Å². The minimum Gasteiger partial charge on any atom is -0.351 e. The Morgan fingerprint density at radius 3 is 2.65 bits per heavy atom. The highest BCUT2D eigenvalue weighted by molar-refractivity contribution is 9.11. The highest BCUT2D eigenvalue weighted by Gasteiger charge is 2.01. The van der Waals surface area contributed by atoms with Gasteiger partial charge in [0.05, 0.1) is 5.75 Å². The van der Waals surface area contributed by atoms with E-state index in [0.29, 0.717) is 12.3 Å². The van der Waals surface area contributed by atoms with Crippen molar-refractivity contribution in [1.82, 2.24) is 5.32 Å². The SMILES string of the molecule is C=C(Br)CNC(=O)CSCc1ccc(Cl)cc1. The first-order valence-corrected chi connectivity index (χ1v) is 7.32. The van der Waals surface area contributed by atoms with Crippen LogP contribution in [0.4, 0.5) is 0 Å². The van der Waals surface area contributed by atoms with Crippen molar-refractivity contribution in [2.45, 2.75) is 5.75 Å². The van der Waals surface area contributed by atoms with Crippen LogP contribution < -0.4 is 5.32 Å². The van der Waals surface area contributed by atoms with Crippen molar-refractivity contribution >= 4 is 45.2 Å². The molecule has 0 aromatic heterocycles. The van der Waals surface area contributed by atoms with E-state index in [1.807, 2.05) is 24.3 Å². The van der Waals surface area contributed by atoms with Crippen LogP contribution in [0.15, 0.2) is 35.3 Å². The van der Waals surface area contributed by atoms with Crippen LogP contribution in [0.2, 0.25) is 5.02 Å². The summed E-state index contributed by atoms with van der Waals surface area (Å²) in [6.45, 7) is 4.12. The molecule has 0 radical (unpaired) electrons. The van der Waals surface area contributed by atoms with Crippen LogP contribution in [0.3, 0.4) is 0 Å². The summed E-state index contributed by atoms with van der Waals surface area (Å²) in [5, 5.41) is 3.48. The third kappa shape index (κ3) is 6.76. The van der Waals surface area contributed by atoms with E-state index in [-0.39, 0.29) is 5.91 Å². The smallest absolute Gasteiger partial charge is 0.230 e. The Bertz CT molecular complexity index is 394. The Labute approximate surface area is 119 Å². The molecule has 92 valence electrons. The van der Waals surface area contributed by atoms with E-state index in [2.05, 4.69) is 27.8 Å². The van der Waals surface area contributed by atoms with Gasteiger partial charge in [-0.3, -0.25) is 4.79 Å². The van der Waals surface area contributed by atoms with Gasteiger partial charge < -0.3 is 5.32 Å². The van der Waals surface area contributed by atoms with Gasteiger partial charge in [0.25, 0.3) is 0 Å². The maximum Gasteiger partial charge on any atom is 0.230 e. The van der Waals surface area contributed by atoms with Gasteiger partial charge >= 0.3 is 0 Å². The number of nitrogens with one attached hydrogen (secondary N) is 1. The number of thioether (sulfide) groups is 1. The predicted molar refractivity (Wildman–Crippen MR) is 78.7 cm³/mol. The van der Waals surface area contributed by atoms with E-state index in [0.717, 1.165) is 20.8 Å². The third-order valence-electron chi connectivity index (χ3n) is 1.89. The maximum atomic E-state index is 11.4. The molecule has 0 aliphatic rings. The molecule has 17 heavy (non-hydrogen) atoms. The normalized spacial score (nSPS) is 10.0. The second-order valence-electron chi connectivity index (χ2n) is 3.41. The standard InChI is InChI=1S/C12H13BrClNOS/c1-9(13)6-15-12(16)8-17-7-10-2-4-11(14)5-3-10/h2-5H,1,6-8H2,(H,15,16). The van der Waals surface area contributed by atoms with Crippen molar-refractivity contribution < 1.29 is 4.79 Å². The largest absolute Gasteiger partial charge is 0.351 e. The van der Waals surface area contributed by atoms with Crippen LogP contribution >= 0.6 is 39.3 Å². The fraction of sp³-hybridized carbons (Fsp3) is 0.250. The number of hydrogen-bond acceptors (Lipinski definition) is 2. The topological polar surface area (TPSA) is 29.1 Å². The molecule has 0 aliphatic carbocycles. The molecule has 0 aliphatic heterocycles. The molecule has 0 bridgehead atoms. The number of hydrogen-bond donors (Lipinski definition) is 1. The maximum absolute atomic E-state index is 11.4. The zero-order valence-corrected chi connectivity index (χ0v) is 12.4. The molecule has 0 unspecified atom stereocenters. The van der Waals surface area contributed by atoms with Crippen LogP contribution in [0, 0.1) is 0 Å². The van der Waals surface area contributed by atoms with E-state index in [9.17, 15) is 4.79 Å². The molecule has 1 rings (SSSR count). The lowest BCUT2D eigenvalue weighted by atomic mass is 10.2. The van der Waals surface area contributed by atoms with Crippen molar-refractivity contribution in [2.75, 3.05) is 12.3 Å². The molecule has 0 fully saturated rings. The number of rotatable bonds is 6. The van der Waals surface area contributed by atoms with E-state index in [4.69, 9.17) is 11.6 Å². The highest BCUT2D eigenvalue weighted by Crippen LogP contribution is 2.15. The molecule has 0 saturated heterocycles. The van der Waals surface area contributed by atoms with Crippen LogP contribution in [-0.2, 0) is 10.5 Å². The molecule has 1 aromatic carbocycles. The molecule has 0 spiro atoms. The zero-order chi connectivity index (χ0) is 12.7. The van der Waals surface area contributed by atoms with Gasteiger partial charge in [0.15, 0.2) is 0 Å². The molecule has 1 N–H and O–H groups in total. The van der Waals surface area contributed by atoms with Crippen molar-refractivity contribution in [3.05, 3.63) is 45.9 Å². The number of carbonyl (C=O) groups excluding carboxylic acids is 1. The molecule has 5 heteroatoms. The molecule has 1 aromatic rings. The van der Waals surface area contributed by atoms with E-state index in [1.165, 1.54) is 0 Å². The van der Waals surface area contributed by atoms with E-state index < -0.39 is 0 Å². The minimum atomic E-state index is 0.0181. The number of halogens is 2. The molecule has 0 heterocycles. The minimum absolute atomic E-state index is 0.0181. The molecular weight excluding hydrogens is 322 g/mol. The van der Waals surface area contributed by atoms with Crippen molar-refractivity contribution in [2.24, 2.45) is 0 Å². The quantitative estimate of drug-likeness (QED) is 0.861. The average Bonchev–Trinajstić information content (AvgIpc) is 2.29. The Balaban J connectivity index is 2.21. The Morgan fingerprint density at radius 1 is 1.41 bits per heavy atom. The molecule has 1 amide bonds. The summed E-state index contributed by atoms with van der Waals surface area (Å²) in [5.74, 6) is 1.27. The van der Waals surface area contributed by atoms with Crippen LogP contribution in [0.25, 0.3) is 0 Å². The summed E-state index contributed by atoms with van der Waals surface area (Å²) in [4.78, 5) is 11.4. The second kappa shape index (κ2) is 7.80. The number of amides is 1. The summed E-state index contributed by atoms with van der Waals surface area (Å²) in [6.07, 6.45) is 0. The highest BCUT2D eigenvalue weighted by atomic mass is 79.9. The van der Waals surface area contributed by atoms with Crippen molar-refractivity contribution in [3.63, 3.8) is 0 Å². The van der Waals surface area contributed by atoms with Gasteiger partial charge in [-0.1, -0.05) is 46.2 Å². The molecule has 2 nitrogen and oxygen atoms in total. The van der Waals surface area contributed by atoms with Gasteiger partial charge in [-0.25, -0.2) is 0 Å². The number of benzene rings is 1. The van der Waals surface area contributed by atoms with E-state index >= 15 is 0 Å². The Morgan fingerprint density at radius 2 is 2.06 bits per heavy atom. The Kier molecular flexibility index (Phi) is 6.70. The average molecular weight is 335 g/mol. The van der Waals surface area contributed by atoms with Gasteiger partial charge in [0.2, 0.25) is 5.91 Å². The van der Waals surface area contributed by atoms with Gasteiger partial charge in [0, 0.05) is 21.8 Å². The van der Waals surface area contributed by atoms with Gasteiger partial charge in [0.1, 0.15) is 0 Å². The summed E-state index contributed by atoms with van der Waals surface area (Å²) in [5.41, 5.74) is 1.16. The third-order valence-corrected chi connectivity index (χ3v) is 3.43. The summed E-state index contributed by atoms with van der Waals surface area (Å²) >= 11 is 10.5. The van der Waals surface area contributed by atoms with Crippen LogP contribution in [0.5, 0.6) is 0 Å².